The molecule has 0 aliphatic rings. The number of nitro groups is 2. The lowest BCUT2D eigenvalue weighted by atomic mass is 10.2. The van der Waals surface area contributed by atoms with Crippen molar-refractivity contribution in [2.45, 2.75) is 6.92 Å². The van der Waals surface area contributed by atoms with Crippen LogP contribution in [0.4, 0.5) is 17.1 Å². The standard InChI is InChI=1S/C8H10N6O4/c1-5(10-9)11-12-7-3-2-6(13(15)16)4-8(7)14(17)18/h2-4,12H,9H2,1H3,(H,10,11). The quantitative estimate of drug-likeness (QED) is 0.235. The van der Waals surface area contributed by atoms with Crippen molar-refractivity contribution < 1.29 is 9.85 Å². The molecule has 0 fully saturated rings. The van der Waals surface area contributed by atoms with Crippen molar-refractivity contribution in [3.05, 3.63) is 38.4 Å². The lowest BCUT2D eigenvalue weighted by Gasteiger charge is -2.08. The number of rotatable bonds is 4. The largest absolute Gasteiger partial charge is 0.322 e. The molecule has 0 saturated heterocycles. The third-order valence-electron chi connectivity index (χ3n) is 1.96. The third-order valence-corrected chi connectivity index (χ3v) is 1.96. The Morgan fingerprint density at radius 2 is 2.00 bits per heavy atom. The maximum Gasteiger partial charge on any atom is 0.300 e. The number of benzene rings is 1. The molecule has 96 valence electrons. The van der Waals surface area contributed by atoms with Crippen LogP contribution in [0.2, 0.25) is 0 Å². The van der Waals surface area contributed by atoms with Gasteiger partial charge in [0.05, 0.1) is 15.9 Å². The van der Waals surface area contributed by atoms with Crippen LogP contribution in [0.5, 0.6) is 0 Å². The van der Waals surface area contributed by atoms with E-state index in [0.29, 0.717) is 5.84 Å². The van der Waals surface area contributed by atoms with E-state index in [4.69, 9.17) is 5.84 Å². The number of nitrogens with zero attached hydrogens (tertiary/aromatic N) is 3. The van der Waals surface area contributed by atoms with Crippen LogP contribution in [0, 0.1) is 20.2 Å². The summed E-state index contributed by atoms with van der Waals surface area (Å²) in [6, 6.07) is 3.22. The van der Waals surface area contributed by atoms with Crippen molar-refractivity contribution in [2.75, 3.05) is 5.43 Å². The average Bonchev–Trinajstić information content (AvgIpc) is 2.35. The Bertz CT molecular complexity index is 514. The summed E-state index contributed by atoms with van der Waals surface area (Å²) in [6.45, 7) is 1.53. The van der Waals surface area contributed by atoms with Crippen molar-refractivity contribution in [1.82, 2.24) is 5.43 Å². The molecule has 1 aromatic carbocycles. The number of hydrogen-bond acceptors (Lipinski definition) is 7. The molecular formula is C8H10N6O4. The molecule has 0 atom stereocenters. The fourth-order valence-electron chi connectivity index (χ4n) is 1.08. The number of hydrazine groups is 1. The molecule has 0 bridgehead atoms. The molecule has 0 radical (unpaired) electrons. The minimum absolute atomic E-state index is 0.0635. The van der Waals surface area contributed by atoms with Crippen LogP contribution in [0.25, 0.3) is 0 Å². The Labute approximate surface area is 101 Å². The van der Waals surface area contributed by atoms with Gasteiger partial charge in [-0.3, -0.25) is 31.1 Å². The highest BCUT2D eigenvalue weighted by molar-refractivity contribution is 5.81. The van der Waals surface area contributed by atoms with E-state index in [9.17, 15) is 20.2 Å². The van der Waals surface area contributed by atoms with Gasteiger partial charge in [0.15, 0.2) is 0 Å². The fourth-order valence-corrected chi connectivity index (χ4v) is 1.08. The first-order valence-corrected chi connectivity index (χ1v) is 4.65. The van der Waals surface area contributed by atoms with Crippen molar-refractivity contribution in [3.8, 4) is 0 Å². The summed E-state index contributed by atoms with van der Waals surface area (Å²) in [5.74, 6) is 5.25. The monoisotopic (exact) mass is 254 g/mol. The van der Waals surface area contributed by atoms with E-state index in [-0.39, 0.29) is 11.4 Å². The van der Waals surface area contributed by atoms with Crippen LogP contribution >= 0.6 is 0 Å². The number of hydrogen-bond donors (Lipinski definition) is 3. The van der Waals surface area contributed by atoms with Crippen LogP contribution < -0.4 is 16.7 Å². The fraction of sp³-hybridized carbons (Fsp3) is 0.125. The van der Waals surface area contributed by atoms with Crippen LogP contribution in [0.1, 0.15) is 6.92 Å². The molecule has 0 aromatic heterocycles. The Kier molecular flexibility index (Phi) is 3.97. The Hall–Kier alpha value is -2.91. The van der Waals surface area contributed by atoms with Gasteiger partial charge in [0.1, 0.15) is 11.5 Å². The maximum atomic E-state index is 10.8. The molecule has 0 spiro atoms. The van der Waals surface area contributed by atoms with Crippen LogP contribution in [-0.4, -0.2) is 15.7 Å². The number of nitrogens with one attached hydrogen (secondary N) is 2. The molecule has 10 nitrogen and oxygen atoms in total. The van der Waals surface area contributed by atoms with E-state index >= 15 is 0 Å². The van der Waals surface area contributed by atoms with Gasteiger partial charge >= 0.3 is 5.69 Å². The maximum absolute atomic E-state index is 10.8. The predicted octanol–water partition coefficient (Wildman–Crippen LogP) is 0.712. The molecule has 4 N–H and O–H groups in total. The summed E-state index contributed by atoms with van der Waals surface area (Å²) in [5, 5.41) is 24.6. The second kappa shape index (κ2) is 5.43. The number of hydrazone groups is 1. The van der Waals surface area contributed by atoms with Gasteiger partial charge in [-0.05, 0) is 13.0 Å². The van der Waals surface area contributed by atoms with Crippen molar-refractivity contribution in [1.29, 1.82) is 0 Å². The van der Waals surface area contributed by atoms with Crippen LogP contribution in [0.3, 0.4) is 0 Å². The molecule has 1 rings (SSSR count). The molecule has 0 aliphatic heterocycles. The zero-order valence-electron chi connectivity index (χ0n) is 9.28. The Balaban J connectivity index is 3.04. The number of non-ortho nitro benzene ring substituents is 1. The van der Waals surface area contributed by atoms with Gasteiger partial charge in [-0.2, -0.15) is 5.10 Å². The number of anilines is 1. The summed E-state index contributed by atoms with van der Waals surface area (Å²) >= 11 is 0. The number of nitrogens with two attached hydrogens (primary N) is 1. The van der Waals surface area contributed by atoms with E-state index in [1.807, 2.05) is 0 Å². The van der Waals surface area contributed by atoms with E-state index in [1.54, 1.807) is 0 Å². The summed E-state index contributed by atoms with van der Waals surface area (Å²) in [7, 11) is 0. The molecule has 18 heavy (non-hydrogen) atoms. The predicted molar refractivity (Wildman–Crippen MR) is 63.8 cm³/mol. The van der Waals surface area contributed by atoms with Gasteiger partial charge in [0, 0.05) is 6.07 Å². The van der Waals surface area contributed by atoms with E-state index in [1.165, 1.54) is 13.0 Å². The van der Waals surface area contributed by atoms with Gasteiger partial charge in [-0.15, -0.1) is 0 Å². The van der Waals surface area contributed by atoms with E-state index < -0.39 is 15.5 Å². The van der Waals surface area contributed by atoms with Crippen molar-refractivity contribution in [3.63, 3.8) is 0 Å². The Morgan fingerprint density at radius 3 is 2.50 bits per heavy atom. The summed E-state index contributed by atoms with van der Waals surface area (Å²) < 4.78 is 0. The highest BCUT2D eigenvalue weighted by Crippen LogP contribution is 2.28. The van der Waals surface area contributed by atoms with E-state index in [0.717, 1.165) is 12.1 Å². The minimum Gasteiger partial charge on any atom is -0.322 e. The smallest absolute Gasteiger partial charge is 0.300 e. The molecule has 0 saturated carbocycles. The topological polar surface area (TPSA) is 149 Å². The Morgan fingerprint density at radius 1 is 1.33 bits per heavy atom. The van der Waals surface area contributed by atoms with Crippen LogP contribution in [0.15, 0.2) is 23.3 Å². The molecule has 0 unspecified atom stereocenters. The van der Waals surface area contributed by atoms with Crippen molar-refractivity contribution in [2.24, 2.45) is 10.9 Å². The first-order chi connectivity index (χ1) is 8.45. The van der Waals surface area contributed by atoms with Gasteiger partial charge in [0.25, 0.3) is 5.69 Å². The lowest BCUT2D eigenvalue weighted by molar-refractivity contribution is -0.393. The summed E-state index contributed by atoms with van der Waals surface area (Å²) in [5.41, 5.74) is 4.25. The van der Waals surface area contributed by atoms with Gasteiger partial charge < -0.3 is 5.84 Å². The number of nitro benzene ring substituents is 2. The number of amidine groups is 1. The highest BCUT2D eigenvalue weighted by atomic mass is 16.6. The van der Waals surface area contributed by atoms with Gasteiger partial charge in [-0.1, -0.05) is 0 Å². The average molecular weight is 254 g/mol. The lowest BCUT2D eigenvalue weighted by Crippen LogP contribution is -2.28. The van der Waals surface area contributed by atoms with E-state index in [2.05, 4.69) is 16.0 Å². The minimum atomic E-state index is -0.730. The van der Waals surface area contributed by atoms with Crippen LogP contribution in [-0.2, 0) is 0 Å². The first-order valence-electron chi connectivity index (χ1n) is 4.65. The molecule has 0 amide bonds. The molecule has 0 heterocycles. The van der Waals surface area contributed by atoms with Gasteiger partial charge in [-0.25, -0.2) is 0 Å². The van der Waals surface area contributed by atoms with Gasteiger partial charge in [0.2, 0.25) is 0 Å². The molecule has 10 heteroatoms. The molecule has 0 aliphatic carbocycles. The highest BCUT2D eigenvalue weighted by Gasteiger charge is 2.19. The molecule has 1 aromatic rings. The second-order valence-electron chi connectivity index (χ2n) is 3.18. The summed E-state index contributed by atoms with van der Waals surface area (Å²) in [6.07, 6.45) is 0. The molecular weight excluding hydrogens is 244 g/mol. The zero-order valence-corrected chi connectivity index (χ0v) is 9.28. The second-order valence-corrected chi connectivity index (χ2v) is 3.18. The third kappa shape index (κ3) is 3.04. The summed E-state index contributed by atoms with van der Waals surface area (Å²) in [4.78, 5) is 19.8. The van der Waals surface area contributed by atoms with Crippen molar-refractivity contribution >= 4 is 22.9 Å². The first kappa shape index (κ1) is 13.2. The zero-order chi connectivity index (χ0) is 13.7. The SMILES string of the molecule is CC(=NN)NNc1ccc([N+](=O)[O-])cc1[N+](=O)[O-]. The normalized spacial score (nSPS) is 10.8.